The van der Waals surface area contributed by atoms with Gasteiger partial charge in [-0.15, -0.1) is 0 Å². The number of carbonyl (C=O) groups excluding carboxylic acids is 1. The molecular weight excluding hydrogens is 452 g/mol. The van der Waals surface area contributed by atoms with E-state index in [-0.39, 0.29) is 35.8 Å². The highest BCUT2D eigenvalue weighted by molar-refractivity contribution is 6.31. The van der Waals surface area contributed by atoms with Crippen LogP contribution in [-0.4, -0.2) is 20.9 Å². The lowest BCUT2D eigenvalue weighted by atomic mass is 10.1. The van der Waals surface area contributed by atoms with Crippen molar-refractivity contribution in [1.29, 1.82) is 0 Å². The van der Waals surface area contributed by atoms with E-state index < -0.39 is 18.4 Å². The van der Waals surface area contributed by atoms with E-state index in [0.29, 0.717) is 27.5 Å². The molecule has 0 atom stereocenters. The van der Waals surface area contributed by atoms with Gasteiger partial charge in [0.25, 0.3) is 5.91 Å². The minimum absolute atomic E-state index is 0.0553. The van der Waals surface area contributed by atoms with Gasteiger partial charge in [0.2, 0.25) is 5.76 Å². The largest absolute Gasteiger partial charge is 0.435 e. The number of halogens is 3. The molecule has 0 saturated heterocycles. The molecule has 4 rings (SSSR count). The maximum absolute atomic E-state index is 14.4. The average molecular weight is 472 g/mol. The summed E-state index contributed by atoms with van der Waals surface area (Å²) >= 11 is 5.95. The van der Waals surface area contributed by atoms with Crippen molar-refractivity contribution in [2.45, 2.75) is 33.5 Å². The Labute approximate surface area is 193 Å². The van der Waals surface area contributed by atoms with Crippen molar-refractivity contribution in [2.75, 3.05) is 5.73 Å². The summed E-state index contributed by atoms with van der Waals surface area (Å²) in [5.74, 6) is -0.891. The molecule has 3 N–H and O–H groups in total. The molecule has 0 bridgehead atoms. The first kappa shape index (κ1) is 22.6. The van der Waals surface area contributed by atoms with Crippen LogP contribution in [0.25, 0.3) is 10.9 Å². The second-order valence-electron chi connectivity index (χ2n) is 7.61. The van der Waals surface area contributed by atoms with Crippen LogP contribution in [0.15, 0.2) is 34.9 Å². The van der Waals surface area contributed by atoms with Crippen LogP contribution in [0.2, 0.25) is 5.02 Å². The monoisotopic (exact) mass is 471 g/mol. The van der Waals surface area contributed by atoms with E-state index in [0.717, 1.165) is 11.1 Å². The summed E-state index contributed by atoms with van der Waals surface area (Å²) in [5, 5.41) is 3.59. The van der Waals surface area contributed by atoms with Crippen LogP contribution in [0.3, 0.4) is 0 Å². The Morgan fingerprint density at radius 1 is 1.21 bits per heavy atom. The molecule has 3 heterocycles. The number of aryl methyl sites for hydroxylation is 2. The van der Waals surface area contributed by atoms with Gasteiger partial charge in [0.1, 0.15) is 29.5 Å². The standard InChI is InChI=1S/C23H20ClF2N5O2/c1-11-3-19(27)30-12(2)16(11)10-29-23(32)22-18(8-25)31-20(33-22)6-13-4-14-7-15(24)9-28-21(14)17(26)5-13/h3-5,7,9H,6,8,10H2,1-2H3,(H2,27,30)(H,29,32). The van der Waals surface area contributed by atoms with Gasteiger partial charge in [-0.05, 0) is 54.8 Å². The van der Waals surface area contributed by atoms with Gasteiger partial charge in [-0.2, -0.15) is 0 Å². The molecule has 0 aliphatic heterocycles. The molecule has 7 nitrogen and oxygen atoms in total. The third-order valence-electron chi connectivity index (χ3n) is 5.19. The van der Waals surface area contributed by atoms with E-state index in [2.05, 4.69) is 20.3 Å². The third-order valence-corrected chi connectivity index (χ3v) is 5.40. The molecule has 3 aromatic heterocycles. The number of anilines is 1. The fraction of sp³-hybridized carbons (Fsp3) is 0.217. The van der Waals surface area contributed by atoms with Gasteiger partial charge in [0.05, 0.1) is 5.02 Å². The van der Waals surface area contributed by atoms with Crippen LogP contribution >= 0.6 is 11.6 Å². The van der Waals surface area contributed by atoms with Crippen molar-refractivity contribution in [3.8, 4) is 0 Å². The molecular formula is C23H20ClF2N5O2. The number of nitrogens with one attached hydrogen (secondary N) is 1. The summed E-state index contributed by atoms with van der Waals surface area (Å²) in [4.78, 5) is 24.9. The Kier molecular flexibility index (Phi) is 6.24. The lowest BCUT2D eigenvalue weighted by Crippen LogP contribution is -2.24. The number of fused-ring (bicyclic) bond motifs is 1. The van der Waals surface area contributed by atoms with Crippen molar-refractivity contribution in [3.63, 3.8) is 0 Å². The number of nitrogens with two attached hydrogens (primary N) is 1. The Hall–Kier alpha value is -3.59. The molecule has 1 aromatic carbocycles. The van der Waals surface area contributed by atoms with Crippen LogP contribution in [-0.2, 0) is 19.6 Å². The zero-order chi connectivity index (χ0) is 23.7. The molecule has 0 saturated carbocycles. The number of nitrogens with zero attached hydrogens (tertiary/aromatic N) is 3. The normalized spacial score (nSPS) is 11.2. The van der Waals surface area contributed by atoms with E-state index in [4.69, 9.17) is 21.8 Å². The molecule has 10 heteroatoms. The summed E-state index contributed by atoms with van der Waals surface area (Å²) in [6.45, 7) is 2.82. The van der Waals surface area contributed by atoms with E-state index in [1.54, 1.807) is 25.1 Å². The highest BCUT2D eigenvalue weighted by Crippen LogP contribution is 2.24. The molecule has 0 fully saturated rings. The van der Waals surface area contributed by atoms with Crippen LogP contribution in [0, 0.1) is 19.7 Å². The van der Waals surface area contributed by atoms with Crippen LogP contribution in [0.5, 0.6) is 0 Å². The summed E-state index contributed by atoms with van der Waals surface area (Å²) in [6.07, 6.45) is 1.42. The fourth-order valence-electron chi connectivity index (χ4n) is 3.66. The summed E-state index contributed by atoms with van der Waals surface area (Å²) in [7, 11) is 0. The molecule has 0 unspecified atom stereocenters. The average Bonchev–Trinajstić information content (AvgIpc) is 3.15. The van der Waals surface area contributed by atoms with Gasteiger partial charge in [-0.1, -0.05) is 11.6 Å². The van der Waals surface area contributed by atoms with Crippen LogP contribution < -0.4 is 11.1 Å². The number of hydrogen-bond donors (Lipinski definition) is 2. The van der Waals surface area contributed by atoms with E-state index >= 15 is 0 Å². The molecule has 0 spiro atoms. The van der Waals surface area contributed by atoms with Crippen LogP contribution in [0.4, 0.5) is 14.6 Å². The SMILES string of the molecule is Cc1cc(N)nc(C)c1CNC(=O)c1oc(Cc2cc(F)c3ncc(Cl)cc3c2)nc1CF. The van der Waals surface area contributed by atoms with Gasteiger partial charge in [-0.3, -0.25) is 9.78 Å². The first-order valence-electron chi connectivity index (χ1n) is 10.0. The highest BCUT2D eigenvalue weighted by Gasteiger charge is 2.21. The van der Waals surface area contributed by atoms with Crippen molar-refractivity contribution in [2.24, 2.45) is 0 Å². The minimum atomic E-state index is -0.987. The Bertz CT molecular complexity index is 1350. The van der Waals surface area contributed by atoms with Gasteiger partial charge in [-0.25, -0.2) is 18.7 Å². The Balaban J connectivity index is 1.55. The third kappa shape index (κ3) is 4.78. The fourth-order valence-corrected chi connectivity index (χ4v) is 3.83. The zero-order valence-electron chi connectivity index (χ0n) is 17.9. The number of alkyl halides is 1. The van der Waals surface area contributed by atoms with Crippen molar-refractivity contribution in [3.05, 3.63) is 81.0 Å². The molecule has 170 valence electrons. The Morgan fingerprint density at radius 3 is 2.73 bits per heavy atom. The highest BCUT2D eigenvalue weighted by atomic mass is 35.5. The lowest BCUT2D eigenvalue weighted by Gasteiger charge is -2.11. The van der Waals surface area contributed by atoms with Crippen molar-refractivity contribution < 1.29 is 18.0 Å². The van der Waals surface area contributed by atoms with Crippen molar-refractivity contribution >= 4 is 34.2 Å². The second kappa shape index (κ2) is 9.11. The smallest absolute Gasteiger partial charge is 0.289 e. The van der Waals surface area contributed by atoms with Gasteiger partial charge < -0.3 is 15.5 Å². The second-order valence-corrected chi connectivity index (χ2v) is 8.04. The summed E-state index contributed by atoms with van der Waals surface area (Å²) in [5.41, 5.74) is 8.66. The van der Waals surface area contributed by atoms with Crippen molar-refractivity contribution in [1.82, 2.24) is 20.3 Å². The molecule has 33 heavy (non-hydrogen) atoms. The van der Waals surface area contributed by atoms with E-state index in [9.17, 15) is 13.6 Å². The minimum Gasteiger partial charge on any atom is -0.435 e. The number of oxazole rings is 1. The zero-order valence-corrected chi connectivity index (χ0v) is 18.6. The summed E-state index contributed by atoms with van der Waals surface area (Å²) < 4.78 is 33.5. The molecule has 4 aromatic rings. The number of rotatable bonds is 6. The van der Waals surface area contributed by atoms with Gasteiger partial charge in [0.15, 0.2) is 5.89 Å². The van der Waals surface area contributed by atoms with E-state index in [1.165, 1.54) is 12.3 Å². The topological polar surface area (TPSA) is 107 Å². The number of amides is 1. The maximum atomic E-state index is 14.4. The number of hydrogen-bond acceptors (Lipinski definition) is 6. The maximum Gasteiger partial charge on any atom is 0.289 e. The van der Waals surface area contributed by atoms with E-state index in [1.807, 2.05) is 6.92 Å². The Morgan fingerprint density at radius 2 is 2.00 bits per heavy atom. The molecule has 1 amide bonds. The number of benzene rings is 1. The van der Waals surface area contributed by atoms with Gasteiger partial charge >= 0.3 is 0 Å². The number of nitrogen functional groups attached to an aromatic ring is 1. The first-order chi connectivity index (χ1) is 15.7. The van der Waals surface area contributed by atoms with Crippen LogP contribution in [0.1, 0.15) is 44.5 Å². The lowest BCUT2D eigenvalue weighted by molar-refractivity contribution is 0.0919. The summed E-state index contributed by atoms with van der Waals surface area (Å²) in [6, 6.07) is 6.28. The number of aromatic nitrogens is 3. The molecule has 0 radical (unpaired) electrons. The number of carbonyl (C=O) groups is 1. The molecule has 0 aliphatic carbocycles. The predicted octanol–water partition coefficient (Wildman–Crippen LogP) is 4.60. The predicted molar refractivity (Wildman–Crippen MR) is 120 cm³/mol. The number of pyridine rings is 2. The van der Waals surface area contributed by atoms with Gasteiger partial charge in [0, 0.05) is 30.2 Å². The quantitative estimate of drug-likeness (QED) is 0.425. The molecule has 0 aliphatic rings. The first-order valence-corrected chi connectivity index (χ1v) is 10.4.